The highest BCUT2D eigenvalue weighted by Gasteiger charge is 2.32. The number of nitrogens with zero attached hydrogens (tertiary/aromatic N) is 1. The van der Waals surface area contributed by atoms with Gasteiger partial charge in [0.2, 0.25) is 0 Å². The fourth-order valence-electron chi connectivity index (χ4n) is 1.05. The van der Waals surface area contributed by atoms with E-state index < -0.39 is 0 Å². The Labute approximate surface area is 74.7 Å². The van der Waals surface area contributed by atoms with Gasteiger partial charge in [0.15, 0.2) is 5.78 Å². The van der Waals surface area contributed by atoms with Crippen molar-refractivity contribution in [3.8, 4) is 0 Å². The number of ketones is 1. The van der Waals surface area contributed by atoms with E-state index in [9.17, 15) is 4.79 Å². The van der Waals surface area contributed by atoms with Gasteiger partial charge in [-0.1, -0.05) is 6.92 Å². The van der Waals surface area contributed by atoms with Gasteiger partial charge in [-0.3, -0.25) is 9.69 Å². The van der Waals surface area contributed by atoms with E-state index in [1.165, 1.54) is 0 Å². The molecule has 1 unspecified atom stereocenters. The van der Waals surface area contributed by atoms with Crippen molar-refractivity contribution in [1.29, 1.82) is 0 Å². The van der Waals surface area contributed by atoms with Gasteiger partial charge in [0.25, 0.3) is 0 Å². The standard InChI is InChI=1S/C9H19NO2/c1-6-9(2,10(3)4)8(11)7-12-5/h6-7H2,1-5H3. The minimum absolute atomic E-state index is 0.137. The van der Waals surface area contributed by atoms with Crippen LogP contribution >= 0.6 is 0 Å². The average Bonchev–Trinajstić information content (AvgIpc) is 2.03. The lowest BCUT2D eigenvalue weighted by molar-refractivity contribution is -0.132. The van der Waals surface area contributed by atoms with Crippen molar-refractivity contribution in [2.45, 2.75) is 25.8 Å². The van der Waals surface area contributed by atoms with Gasteiger partial charge in [0.05, 0.1) is 5.54 Å². The number of methoxy groups -OCH3 is 1. The summed E-state index contributed by atoms with van der Waals surface area (Å²) in [6.07, 6.45) is 0.808. The molecular formula is C9H19NO2. The van der Waals surface area contributed by atoms with Crippen LogP contribution in [-0.2, 0) is 9.53 Å². The predicted molar refractivity (Wildman–Crippen MR) is 49.3 cm³/mol. The van der Waals surface area contributed by atoms with Crippen LogP contribution in [0, 0.1) is 0 Å². The van der Waals surface area contributed by atoms with E-state index in [-0.39, 0.29) is 17.9 Å². The Morgan fingerprint density at radius 2 is 2.00 bits per heavy atom. The molecule has 0 bridgehead atoms. The normalized spacial score (nSPS) is 16.2. The fourth-order valence-corrected chi connectivity index (χ4v) is 1.05. The molecule has 0 saturated heterocycles. The fraction of sp³-hybridized carbons (Fsp3) is 0.889. The minimum atomic E-state index is -0.379. The van der Waals surface area contributed by atoms with E-state index >= 15 is 0 Å². The van der Waals surface area contributed by atoms with Crippen LogP contribution in [-0.4, -0.2) is 44.0 Å². The van der Waals surface area contributed by atoms with E-state index in [2.05, 4.69) is 0 Å². The van der Waals surface area contributed by atoms with Crippen molar-refractivity contribution in [2.24, 2.45) is 0 Å². The van der Waals surface area contributed by atoms with E-state index in [1.807, 2.05) is 32.8 Å². The zero-order chi connectivity index (χ0) is 9.78. The summed E-state index contributed by atoms with van der Waals surface area (Å²) in [7, 11) is 5.37. The second-order valence-electron chi connectivity index (χ2n) is 3.38. The van der Waals surface area contributed by atoms with Crippen molar-refractivity contribution in [1.82, 2.24) is 4.90 Å². The molecule has 0 aromatic heterocycles. The highest BCUT2D eigenvalue weighted by Crippen LogP contribution is 2.17. The number of ether oxygens (including phenoxy) is 1. The summed E-state index contributed by atoms with van der Waals surface area (Å²) in [5.74, 6) is 0.137. The summed E-state index contributed by atoms with van der Waals surface area (Å²) in [5.41, 5.74) is -0.379. The summed E-state index contributed by atoms with van der Waals surface area (Å²) < 4.78 is 4.83. The Morgan fingerprint density at radius 1 is 1.50 bits per heavy atom. The Balaban J connectivity index is 4.40. The molecule has 0 aromatic carbocycles. The lowest BCUT2D eigenvalue weighted by Gasteiger charge is -2.33. The van der Waals surface area contributed by atoms with E-state index in [1.54, 1.807) is 7.11 Å². The molecule has 0 rings (SSSR count). The molecule has 0 amide bonds. The van der Waals surface area contributed by atoms with Crippen molar-refractivity contribution in [2.75, 3.05) is 27.8 Å². The smallest absolute Gasteiger partial charge is 0.178 e. The number of hydrogen-bond acceptors (Lipinski definition) is 3. The van der Waals surface area contributed by atoms with Gasteiger partial charge in [-0.2, -0.15) is 0 Å². The van der Waals surface area contributed by atoms with Crippen LogP contribution in [0.2, 0.25) is 0 Å². The van der Waals surface area contributed by atoms with Crippen molar-refractivity contribution in [3.05, 3.63) is 0 Å². The van der Waals surface area contributed by atoms with Crippen LogP contribution in [0.25, 0.3) is 0 Å². The maximum absolute atomic E-state index is 11.6. The molecule has 0 aliphatic carbocycles. The first kappa shape index (κ1) is 11.6. The molecule has 0 spiro atoms. The quantitative estimate of drug-likeness (QED) is 0.619. The Hall–Kier alpha value is -0.410. The third kappa shape index (κ3) is 2.29. The Kier molecular flexibility index (Phi) is 4.42. The molecule has 72 valence electrons. The van der Waals surface area contributed by atoms with Gasteiger partial charge < -0.3 is 4.74 Å². The first-order chi connectivity index (χ1) is 5.49. The summed E-state index contributed by atoms with van der Waals surface area (Å²) >= 11 is 0. The Morgan fingerprint density at radius 3 is 2.25 bits per heavy atom. The molecule has 3 heteroatoms. The van der Waals surface area contributed by atoms with Crippen LogP contribution < -0.4 is 0 Å². The number of rotatable bonds is 5. The maximum atomic E-state index is 11.6. The van der Waals surface area contributed by atoms with Crippen LogP contribution in [0.5, 0.6) is 0 Å². The van der Waals surface area contributed by atoms with Gasteiger partial charge in [-0.25, -0.2) is 0 Å². The third-order valence-electron chi connectivity index (χ3n) is 2.55. The number of carbonyl (C=O) groups is 1. The lowest BCUT2D eigenvalue weighted by Crippen LogP contribution is -2.49. The van der Waals surface area contributed by atoms with Gasteiger partial charge >= 0.3 is 0 Å². The first-order valence-corrected chi connectivity index (χ1v) is 4.18. The topological polar surface area (TPSA) is 29.5 Å². The Bertz CT molecular complexity index is 157. The van der Waals surface area contributed by atoms with E-state index in [0.29, 0.717) is 0 Å². The van der Waals surface area contributed by atoms with Gasteiger partial charge in [0, 0.05) is 7.11 Å². The molecule has 0 N–H and O–H groups in total. The summed E-state index contributed by atoms with van der Waals surface area (Å²) in [6, 6.07) is 0. The van der Waals surface area contributed by atoms with Crippen LogP contribution in [0.15, 0.2) is 0 Å². The summed E-state index contributed by atoms with van der Waals surface area (Å²) in [5, 5.41) is 0. The minimum Gasteiger partial charge on any atom is -0.377 e. The predicted octanol–water partition coefficient (Wildman–Crippen LogP) is 0.932. The molecule has 12 heavy (non-hydrogen) atoms. The molecule has 3 nitrogen and oxygen atoms in total. The number of Topliss-reactive ketones (excluding diaryl/α,β-unsaturated/α-hetero) is 1. The molecule has 0 saturated carbocycles. The molecule has 0 aliphatic heterocycles. The number of likely N-dealkylation sites (N-methyl/N-ethyl adjacent to an activating group) is 1. The SMILES string of the molecule is CCC(C)(C(=O)COC)N(C)C. The second-order valence-corrected chi connectivity index (χ2v) is 3.38. The number of carbonyl (C=O) groups excluding carboxylic acids is 1. The van der Waals surface area contributed by atoms with Gasteiger partial charge in [-0.15, -0.1) is 0 Å². The van der Waals surface area contributed by atoms with Gasteiger partial charge in [0.1, 0.15) is 6.61 Å². The molecule has 0 aromatic rings. The van der Waals surface area contributed by atoms with Crippen LogP contribution in [0.1, 0.15) is 20.3 Å². The average molecular weight is 173 g/mol. The lowest BCUT2D eigenvalue weighted by atomic mass is 9.92. The number of hydrogen-bond donors (Lipinski definition) is 0. The zero-order valence-corrected chi connectivity index (χ0v) is 8.68. The van der Waals surface area contributed by atoms with Crippen LogP contribution in [0.3, 0.4) is 0 Å². The molecule has 0 fully saturated rings. The summed E-state index contributed by atoms with van der Waals surface area (Å²) in [6.45, 7) is 4.14. The van der Waals surface area contributed by atoms with Crippen LogP contribution in [0.4, 0.5) is 0 Å². The molecule has 0 heterocycles. The molecule has 0 radical (unpaired) electrons. The monoisotopic (exact) mass is 173 g/mol. The third-order valence-corrected chi connectivity index (χ3v) is 2.55. The molecular weight excluding hydrogens is 154 g/mol. The second kappa shape index (κ2) is 4.58. The first-order valence-electron chi connectivity index (χ1n) is 4.18. The zero-order valence-electron chi connectivity index (χ0n) is 8.68. The highest BCUT2D eigenvalue weighted by atomic mass is 16.5. The molecule has 1 atom stereocenters. The van der Waals surface area contributed by atoms with E-state index in [4.69, 9.17) is 4.74 Å². The largest absolute Gasteiger partial charge is 0.377 e. The molecule has 0 aliphatic rings. The van der Waals surface area contributed by atoms with Gasteiger partial charge in [-0.05, 0) is 27.4 Å². The van der Waals surface area contributed by atoms with E-state index in [0.717, 1.165) is 6.42 Å². The maximum Gasteiger partial charge on any atom is 0.178 e. The van der Waals surface area contributed by atoms with Crippen molar-refractivity contribution < 1.29 is 9.53 Å². The van der Waals surface area contributed by atoms with Crippen molar-refractivity contribution in [3.63, 3.8) is 0 Å². The van der Waals surface area contributed by atoms with Crippen molar-refractivity contribution >= 4 is 5.78 Å². The summed E-state index contributed by atoms with van der Waals surface area (Å²) in [4.78, 5) is 13.5. The highest BCUT2D eigenvalue weighted by molar-refractivity contribution is 5.88.